The number of nitrogens with one attached hydrogen (secondary N) is 1. The molecule has 0 atom stereocenters. The van der Waals surface area contributed by atoms with Gasteiger partial charge in [0.2, 0.25) is 0 Å². The third kappa shape index (κ3) is 3.49. The second-order valence-corrected chi connectivity index (χ2v) is 8.38. The molecule has 5 aromatic rings. The summed E-state index contributed by atoms with van der Waals surface area (Å²) in [6.07, 6.45) is 4.40. The average Bonchev–Trinajstić information content (AvgIpc) is 3.58. The van der Waals surface area contributed by atoms with Crippen molar-refractivity contribution in [2.45, 2.75) is 13.8 Å². The summed E-state index contributed by atoms with van der Waals surface area (Å²) in [5.74, 6) is 1.35. The maximum Gasteiger partial charge on any atom is 0.169 e. The molecule has 0 aliphatic carbocycles. The van der Waals surface area contributed by atoms with Crippen molar-refractivity contribution in [3.63, 3.8) is 0 Å². The zero-order chi connectivity index (χ0) is 24.1. The zero-order valence-corrected chi connectivity index (χ0v) is 19.2. The van der Waals surface area contributed by atoms with Crippen LogP contribution in [0.4, 0.5) is 16.0 Å². The number of anilines is 2. The van der Waals surface area contributed by atoms with Crippen LogP contribution in [0.2, 0.25) is 0 Å². The van der Waals surface area contributed by atoms with Gasteiger partial charge in [0.25, 0.3) is 0 Å². The molecule has 35 heavy (non-hydrogen) atoms. The molecule has 1 aliphatic heterocycles. The predicted octanol–water partition coefficient (Wildman–Crippen LogP) is 2.57. The second kappa shape index (κ2) is 8.17. The molecule has 0 spiro atoms. The molecule has 1 saturated heterocycles. The molecule has 178 valence electrons. The van der Waals surface area contributed by atoms with Crippen LogP contribution < -0.4 is 10.6 Å². The van der Waals surface area contributed by atoms with E-state index in [-0.39, 0.29) is 0 Å². The average molecular weight is 475 g/mol. The molecule has 5 aromatic heterocycles. The molecule has 1 fully saturated rings. The minimum absolute atomic E-state index is 0.338. The van der Waals surface area contributed by atoms with Crippen molar-refractivity contribution in [3.8, 4) is 22.6 Å². The topological polar surface area (TPSA) is 129 Å². The fourth-order valence-electron chi connectivity index (χ4n) is 4.62. The summed E-state index contributed by atoms with van der Waals surface area (Å²) >= 11 is 0. The van der Waals surface area contributed by atoms with E-state index in [0.29, 0.717) is 41.6 Å². The number of hydrogen-bond donors (Lipinski definition) is 2. The maximum absolute atomic E-state index is 13.9. The van der Waals surface area contributed by atoms with Gasteiger partial charge in [-0.2, -0.15) is 14.9 Å². The van der Waals surface area contributed by atoms with E-state index in [0.717, 1.165) is 41.4 Å². The lowest BCUT2D eigenvalue weighted by molar-refractivity contribution is 0.122. The summed E-state index contributed by atoms with van der Waals surface area (Å²) in [6.45, 7) is 6.55. The molecule has 0 radical (unpaired) electrons. The van der Waals surface area contributed by atoms with Crippen LogP contribution >= 0.6 is 0 Å². The number of morpholine rings is 1. The first-order valence-corrected chi connectivity index (χ1v) is 11.2. The SMILES string of the molecule is Cc1nn(-c2cncc(F)c2)c(C)c1-c1cc(N2CCOCC2)nc2c1c(N)nn2-c1ccn[nH]1. The second-order valence-electron chi connectivity index (χ2n) is 8.38. The number of halogens is 1. The van der Waals surface area contributed by atoms with Gasteiger partial charge in [-0.15, -0.1) is 5.10 Å². The van der Waals surface area contributed by atoms with Crippen molar-refractivity contribution in [1.29, 1.82) is 0 Å². The molecule has 0 unspecified atom stereocenters. The molecule has 6 heterocycles. The van der Waals surface area contributed by atoms with Crippen molar-refractivity contribution >= 4 is 22.7 Å². The van der Waals surface area contributed by atoms with E-state index >= 15 is 0 Å². The number of nitrogens with zero attached hydrogens (tertiary/aromatic N) is 8. The smallest absolute Gasteiger partial charge is 0.169 e. The molecule has 1 aliphatic rings. The monoisotopic (exact) mass is 474 g/mol. The molecular weight excluding hydrogens is 451 g/mol. The summed E-state index contributed by atoms with van der Waals surface area (Å²) in [5.41, 5.74) is 10.9. The Hall–Kier alpha value is -4.32. The van der Waals surface area contributed by atoms with Gasteiger partial charge in [-0.05, 0) is 19.9 Å². The Morgan fingerprint density at radius 2 is 1.91 bits per heavy atom. The lowest BCUT2D eigenvalue weighted by Crippen LogP contribution is -2.36. The molecular formula is C23H23FN10O. The van der Waals surface area contributed by atoms with Crippen LogP contribution in [-0.2, 0) is 4.74 Å². The van der Waals surface area contributed by atoms with E-state index in [1.165, 1.54) is 12.3 Å². The molecule has 3 N–H and O–H groups in total. The summed E-state index contributed by atoms with van der Waals surface area (Å²) in [7, 11) is 0. The van der Waals surface area contributed by atoms with Gasteiger partial charge in [-0.25, -0.2) is 14.1 Å². The van der Waals surface area contributed by atoms with Gasteiger partial charge >= 0.3 is 0 Å². The Balaban J connectivity index is 1.62. The molecule has 0 saturated carbocycles. The number of nitrogens with two attached hydrogens (primary N) is 1. The van der Waals surface area contributed by atoms with Gasteiger partial charge in [-0.1, -0.05) is 0 Å². The van der Waals surface area contributed by atoms with Gasteiger partial charge in [0.15, 0.2) is 17.3 Å². The van der Waals surface area contributed by atoms with Crippen molar-refractivity contribution in [2.24, 2.45) is 0 Å². The van der Waals surface area contributed by atoms with E-state index in [2.05, 4.69) is 25.2 Å². The lowest BCUT2D eigenvalue weighted by atomic mass is 10.0. The Morgan fingerprint density at radius 1 is 1.09 bits per heavy atom. The fraction of sp³-hybridized carbons (Fsp3) is 0.261. The normalized spacial score (nSPS) is 14.2. The highest BCUT2D eigenvalue weighted by Gasteiger charge is 2.25. The zero-order valence-electron chi connectivity index (χ0n) is 19.2. The van der Waals surface area contributed by atoms with Crippen molar-refractivity contribution in [1.82, 2.24) is 39.7 Å². The predicted molar refractivity (Wildman–Crippen MR) is 128 cm³/mol. The number of rotatable bonds is 4. The quantitative estimate of drug-likeness (QED) is 0.407. The highest BCUT2D eigenvalue weighted by molar-refractivity contribution is 6.03. The number of hydrogen-bond acceptors (Lipinski definition) is 8. The van der Waals surface area contributed by atoms with Crippen LogP contribution in [0, 0.1) is 19.7 Å². The lowest BCUT2D eigenvalue weighted by Gasteiger charge is -2.28. The summed E-state index contributed by atoms with van der Waals surface area (Å²) in [5, 5.41) is 17.0. The summed E-state index contributed by atoms with van der Waals surface area (Å²) in [4.78, 5) is 11.1. The maximum atomic E-state index is 13.9. The first-order valence-electron chi connectivity index (χ1n) is 11.2. The van der Waals surface area contributed by atoms with E-state index in [1.807, 2.05) is 19.9 Å². The van der Waals surface area contributed by atoms with Crippen molar-refractivity contribution in [3.05, 3.63) is 54.0 Å². The number of ether oxygens (including phenoxy) is 1. The van der Waals surface area contributed by atoms with E-state index < -0.39 is 5.82 Å². The van der Waals surface area contributed by atoms with Crippen molar-refractivity contribution in [2.75, 3.05) is 36.9 Å². The van der Waals surface area contributed by atoms with E-state index in [9.17, 15) is 4.39 Å². The number of nitrogen functional groups attached to an aromatic ring is 1. The van der Waals surface area contributed by atoms with Crippen LogP contribution in [-0.4, -0.2) is 66.0 Å². The number of pyridine rings is 2. The van der Waals surface area contributed by atoms with E-state index in [1.54, 1.807) is 27.8 Å². The van der Waals surface area contributed by atoms with Crippen LogP contribution in [0.1, 0.15) is 11.4 Å². The fourth-order valence-corrected chi connectivity index (χ4v) is 4.62. The number of aryl methyl sites for hydroxylation is 1. The first-order chi connectivity index (χ1) is 17.0. The Labute approximate surface area is 199 Å². The van der Waals surface area contributed by atoms with Gasteiger partial charge < -0.3 is 15.4 Å². The highest BCUT2D eigenvalue weighted by Crippen LogP contribution is 2.39. The third-order valence-corrected chi connectivity index (χ3v) is 6.20. The minimum Gasteiger partial charge on any atom is -0.382 e. The van der Waals surface area contributed by atoms with Gasteiger partial charge in [0.1, 0.15) is 11.6 Å². The van der Waals surface area contributed by atoms with Gasteiger partial charge in [0, 0.05) is 42.0 Å². The molecule has 12 heteroatoms. The largest absolute Gasteiger partial charge is 0.382 e. The summed E-state index contributed by atoms with van der Waals surface area (Å²) < 4.78 is 22.8. The molecule has 0 aromatic carbocycles. The molecule has 6 rings (SSSR count). The Bertz CT molecular complexity index is 1530. The summed E-state index contributed by atoms with van der Waals surface area (Å²) in [6, 6.07) is 5.23. The number of aromatic amines is 1. The van der Waals surface area contributed by atoms with Crippen molar-refractivity contribution < 1.29 is 9.13 Å². The number of aromatic nitrogens is 8. The molecule has 0 bridgehead atoms. The minimum atomic E-state index is -0.428. The van der Waals surface area contributed by atoms with Crippen LogP contribution in [0.3, 0.4) is 0 Å². The molecule has 11 nitrogen and oxygen atoms in total. The van der Waals surface area contributed by atoms with Crippen LogP contribution in [0.25, 0.3) is 33.7 Å². The van der Waals surface area contributed by atoms with Gasteiger partial charge in [0.05, 0.1) is 48.6 Å². The third-order valence-electron chi connectivity index (χ3n) is 6.20. The first kappa shape index (κ1) is 21.2. The Kier molecular flexibility index (Phi) is 4.95. The number of fused-ring (bicyclic) bond motifs is 1. The van der Waals surface area contributed by atoms with Gasteiger partial charge in [-0.3, -0.25) is 10.1 Å². The standard InChI is InChI=1S/C23H23FN10O/c1-13-20(14(2)33(30-13)16-9-15(24)11-26-12-16)17-10-19(32-5-7-35-8-6-32)28-23-21(17)22(25)31-34(23)18-3-4-27-29-18/h3-4,9-12H,5-8H2,1-2H3,(H2,25,31)(H,27,29). The highest BCUT2D eigenvalue weighted by atomic mass is 19.1. The Morgan fingerprint density at radius 3 is 2.66 bits per heavy atom. The number of H-pyrrole nitrogens is 1. The molecule has 0 amide bonds. The van der Waals surface area contributed by atoms with Crippen LogP contribution in [0.15, 0.2) is 36.8 Å². The van der Waals surface area contributed by atoms with E-state index in [4.69, 9.17) is 20.6 Å². The van der Waals surface area contributed by atoms with Crippen LogP contribution in [0.5, 0.6) is 0 Å².